The molecule has 0 unspecified atom stereocenters. The molecule has 0 saturated heterocycles. The molecule has 1 saturated carbocycles. The van der Waals surface area contributed by atoms with E-state index in [0.29, 0.717) is 19.0 Å². The smallest absolute Gasteiger partial charge is 0.220 e. The highest BCUT2D eigenvalue weighted by atomic mass is 32.1. The number of hydrogen-bond donors (Lipinski definition) is 1. The quantitative estimate of drug-likeness (QED) is 0.866. The van der Waals surface area contributed by atoms with E-state index in [2.05, 4.69) is 41.2 Å². The first-order valence-corrected chi connectivity index (χ1v) is 8.49. The first kappa shape index (κ1) is 14.4. The summed E-state index contributed by atoms with van der Waals surface area (Å²) in [5.74, 6) is 0.139. The van der Waals surface area contributed by atoms with Crippen molar-refractivity contribution in [1.82, 2.24) is 9.88 Å². The van der Waals surface area contributed by atoms with Crippen LogP contribution in [0.5, 0.6) is 0 Å². The average molecular weight is 302 g/mol. The number of rotatable bonds is 6. The minimum Gasteiger partial charge on any atom is -0.352 e. The molecule has 21 heavy (non-hydrogen) atoms. The molecule has 1 fully saturated rings. The highest BCUT2D eigenvalue weighted by molar-refractivity contribution is 7.09. The summed E-state index contributed by atoms with van der Waals surface area (Å²) in [7, 11) is 0. The SMILES string of the molecule is Cc1cc(CNC(=O)CCc2cccs2)c(C)n1C1CC1. The van der Waals surface area contributed by atoms with Crippen LogP contribution in [0.3, 0.4) is 0 Å². The number of carbonyl (C=O) groups is 1. The third-order valence-electron chi connectivity index (χ3n) is 4.16. The predicted octanol–water partition coefficient (Wildman–Crippen LogP) is 3.75. The van der Waals surface area contributed by atoms with Crippen molar-refractivity contribution < 1.29 is 4.79 Å². The molecule has 3 rings (SSSR count). The van der Waals surface area contributed by atoms with Gasteiger partial charge in [-0.3, -0.25) is 4.79 Å². The second-order valence-electron chi connectivity index (χ2n) is 5.85. The molecule has 0 spiro atoms. The predicted molar refractivity (Wildman–Crippen MR) is 86.7 cm³/mol. The summed E-state index contributed by atoms with van der Waals surface area (Å²) in [6.07, 6.45) is 4.00. The lowest BCUT2D eigenvalue weighted by Crippen LogP contribution is -2.23. The third-order valence-corrected chi connectivity index (χ3v) is 5.09. The van der Waals surface area contributed by atoms with Gasteiger partial charge in [0.05, 0.1) is 0 Å². The fraction of sp³-hybridized carbons (Fsp3) is 0.471. The Morgan fingerprint density at radius 3 is 2.90 bits per heavy atom. The summed E-state index contributed by atoms with van der Waals surface area (Å²) in [5.41, 5.74) is 3.88. The Bertz CT molecular complexity index is 624. The van der Waals surface area contributed by atoms with E-state index in [1.54, 1.807) is 11.3 Å². The van der Waals surface area contributed by atoms with Crippen LogP contribution < -0.4 is 5.32 Å². The second kappa shape index (κ2) is 6.06. The zero-order valence-corrected chi connectivity index (χ0v) is 13.5. The zero-order valence-electron chi connectivity index (χ0n) is 12.7. The average Bonchev–Trinajstić information content (AvgIpc) is 3.06. The van der Waals surface area contributed by atoms with Crippen molar-refractivity contribution in [3.05, 3.63) is 45.4 Å². The fourth-order valence-corrected chi connectivity index (χ4v) is 3.60. The topological polar surface area (TPSA) is 34.0 Å². The number of carbonyl (C=O) groups excluding carboxylic acids is 1. The molecule has 4 heteroatoms. The van der Waals surface area contributed by atoms with Crippen LogP contribution in [-0.2, 0) is 17.8 Å². The molecule has 3 nitrogen and oxygen atoms in total. The molecular weight excluding hydrogens is 280 g/mol. The van der Waals surface area contributed by atoms with Gasteiger partial charge in [-0.1, -0.05) is 6.07 Å². The van der Waals surface area contributed by atoms with Crippen molar-refractivity contribution in [3.63, 3.8) is 0 Å². The molecule has 2 aromatic heterocycles. The number of aromatic nitrogens is 1. The second-order valence-corrected chi connectivity index (χ2v) is 6.89. The van der Waals surface area contributed by atoms with Crippen molar-refractivity contribution in [3.8, 4) is 0 Å². The normalized spacial score (nSPS) is 14.4. The molecule has 1 amide bonds. The van der Waals surface area contributed by atoms with E-state index < -0.39 is 0 Å². The highest BCUT2D eigenvalue weighted by Gasteiger charge is 2.26. The Hall–Kier alpha value is -1.55. The Labute approximate surface area is 130 Å². The maximum Gasteiger partial charge on any atom is 0.220 e. The maximum atomic E-state index is 11.9. The maximum absolute atomic E-state index is 11.9. The molecule has 0 aliphatic heterocycles. The van der Waals surface area contributed by atoms with Gasteiger partial charge in [0.15, 0.2) is 0 Å². The van der Waals surface area contributed by atoms with Crippen molar-refractivity contribution in [2.24, 2.45) is 0 Å². The van der Waals surface area contributed by atoms with E-state index in [4.69, 9.17) is 0 Å². The van der Waals surface area contributed by atoms with Crippen LogP contribution in [-0.4, -0.2) is 10.5 Å². The van der Waals surface area contributed by atoms with Crippen LogP contribution in [0.2, 0.25) is 0 Å². The lowest BCUT2D eigenvalue weighted by molar-refractivity contribution is -0.121. The largest absolute Gasteiger partial charge is 0.352 e. The molecule has 112 valence electrons. The first-order chi connectivity index (χ1) is 10.1. The molecule has 2 heterocycles. The Kier molecular flexibility index (Phi) is 4.15. The van der Waals surface area contributed by atoms with Crippen LogP contribution in [0.4, 0.5) is 0 Å². The van der Waals surface area contributed by atoms with Crippen LogP contribution in [0.25, 0.3) is 0 Å². The van der Waals surface area contributed by atoms with Gasteiger partial charge in [-0.05, 0) is 56.2 Å². The third kappa shape index (κ3) is 3.38. The number of thiophene rings is 1. The minimum atomic E-state index is 0.139. The van der Waals surface area contributed by atoms with Gasteiger partial charge >= 0.3 is 0 Å². The van der Waals surface area contributed by atoms with Gasteiger partial charge in [-0.25, -0.2) is 0 Å². The van der Waals surface area contributed by atoms with Crippen LogP contribution >= 0.6 is 11.3 Å². The van der Waals surface area contributed by atoms with Crippen molar-refractivity contribution in [2.45, 2.75) is 52.1 Å². The van der Waals surface area contributed by atoms with Crippen LogP contribution in [0, 0.1) is 13.8 Å². The number of amides is 1. The van der Waals surface area contributed by atoms with E-state index in [1.165, 1.54) is 34.7 Å². The number of nitrogens with zero attached hydrogens (tertiary/aromatic N) is 1. The van der Waals surface area contributed by atoms with E-state index in [1.807, 2.05) is 6.07 Å². The summed E-state index contributed by atoms with van der Waals surface area (Å²) >= 11 is 1.71. The van der Waals surface area contributed by atoms with Crippen molar-refractivity contribution >= 4 is 17.2 Å². The Morgan fingerprint density at radius 2 is 2.24 bits per heavy atom. The van der Waals surface area contributed by atoms with E-state index in [0.717, 1.165) is 6.42 Å². The zero-order chi connectivity index (χ0) is 14.8. The summed E-state index contributed by atoms with van der Waals surface area (Å²) in [5, 5.41) is 5.11. The van der Waals surface area contributed by atoms with Crippen molar-refractivity contribution in [1.29, 1.82) is 0 Å². The lowest BCUT2D eigenvalue weighted by atomic mass is 10.2. The van der Waals surface area contributed by atoms with Gasteiger partial charge in [-0.2, -0.15) is 0 Å². The van der Waals surface area contributed by atoms with Gasteiger partial charge < -0.3 is 9.88 Å². The Balaban J connectivity index is 1.52. The monoisotopic (exact) mass is 302 g/mol. The molecule has 0 bridgehead atoms. The number of aryl methyl sites for hydroxylation is 2. The van der Waals surface area contributed by atoms with Gasteiger partial charge in [-0.15, -0.1) is 11.3 Å². The van der Waals surface area contributed by atoms with E-state index in [-0.39, 0.29) is 5.91 Å². The molecule has 0 atom stereocenters. The standard InChI is InChI=1S/C17H22N2OS/c1-12-10-14(13(2)19(12)15-5-6-15)11-18-17(20)8-7-16-4-3-9-21-16/h3-4,9-10,15H,5-8,11H2,1-2H3,(H,18,20). The lowest BCUT2D eigenvalue weighted by Gasteiger charge is -2.08. The van der Waals surface area contributed by atoms with E-state index in [9.17, 15) is 4.79 Å². The van der Waals surface area contributed by atoms with Gasteiger partial charge in [0.2, 0.25) is 5.91 Å². The van der Waals surface area contributed by atoms with Gasteiger partial charge in [0.25, 0.3) is 0 Å². The summed E-state index contributed by atoms with van der Waals surface area (Å²) in [4.78, 5) is 13.2. The molecule has 1 N–H and O–H groups in total. The molecule has 1 aliphatic carbocycles. The fourth-order valence-electron chi connectivity index (χ4n) is 2.89. The summed E-state index contributed by atoms with van der Waals surface area (Å²) in [6, 6.07) is 7.03. The molecule has 0 aromatic carbocycles. The van der Waals surface area contributed by atoms with Gasteiger partial charge in [0.1, 0.15) is 0 Å². The summed E-state index contributed by atoms with van der Waals surface area (Å²) in [6.45, 7) is 4.97. The minimum absolute atomic E-state index is 0.139. The Morgan fingerprint density at radius 1 is 1.43 bits per heavy atom. The van der Waals surface area contributed by atoms with Crippen LogP contribution in [0.15, 0.2) is 23.6 Å². The molecular formula is C17H22N2OS. The number of hydrogen-bond acceptors (Lipinski definition) is 2. The van der Waals surface area contributed by atoms with Gasteiger partial charge in [0, 0.05) is 35.3 Å². The van der Waals surface area contributed by atoms with E-state index >= 15 is 0 Å². The molecule has 2 aromatic rings. The first-order valence-electron chi connectivity index (χ1n) is 7.61. The molecule has 0 radical (unpaired) electrons. The summed E-state index contributed by atoms with van der Waals surface area (Å²) < 4.78 is 2.42. The number of nitrogens with one attached hydrogen (secondary N) is 1. The van der Waals surface area contributed by atoms with Crippen molar-refractivity contribution in [2.75, 3.05) is 0 Å². The highest BCUT2D eigenvalue weighted by Crippen LogP contribution is 2.38. The molecule has 1 aliphatic rings. The van der Waals surface area contributed by atoms with Crippen LogP contribution in [0.1, 0.15) is 47.1 Å².